The summed E-state index contributed by atoms with van der Waals surface area (Å²) in [4.78, 5) is 12.6. The second-order valence-corrected chi connectivity index (χ2v) is 7.00. The van der Waals surface area contributed by atoms with Crippen LogP contribution < -0.4 is 0 Å². The maximum Gasteiger partial charge on any atom is 0.339 e. The maximum atomic E-state index is 12.6. The molecular weight excluding hydrogens is 324 g/mol. The Morgan fingerprint density at radius 3 is 2.42 bits per heavy atom. The molecule has 1 saturated carbocycles. The lowest BCUT2D eigenvalue weighted by atomic mass is 9.77. The van der Waals surface area contributed by atoms with Gasteiger partial charge in [-0.25, -0.2) is 4.79 Å². The topological polar surface area (TPSA) is 35.5 Å². The molecule has 26 heavy (non-hydrogen) atoms. The zero-order chi connectivity index (χ0) is 17.9. The average molecular weight is 348 g/mol. The standard InChI is InChI=1S/C23H24O3/c1-2-25-21-18(15-16-9-5-3-6-10-16)13-14-19-20(23(24)26-22(19)21)17-11-7-4-8-12-17/h3-12,18,21-22H,2,13-15H2,1H3/t18-,21?,22-/m1/s1. The molecular formula is C23H24O3. The number of ether oxygens (including phenoxy) is 2. The molecule has 1 aliphatic heterocycles. The summed E-state index contributed by atoms with van der Waals surface area (Å²) >= 11 is 0. The SMILES string of the molecule is CCOC1[C@@H](Cc2ccccc2)CCC2=C(c3ccccc3)C(=O)O[C@H]21. The molecule has 3 heteroatoms. The van der Waals surface area contributed by atoms with Gasteiger partial charge in [0, 0.05) is 6.61 Å². The van der Waals surface area contributed by atoms with Crippen LogP contribution >= 0.6 is 0 Å². The molecule has 2 aromatic carbocycles. The number of benzene rings is 2. The Labute approximate surface area is 154 Å². The number of hydrogen-bond donors (Lipinski definition) is 0. The molecule has 3 atom stereocenters. The van der Waals surface area contributed by atoms with Gasteiger partial charge in [-0.15, -0.1) is 0 Å². The van der Waals surface area contributed by atoms with Gasteiger partial charge in [-0.05, 0) is 48.8 Å². The van der Waals surface area contributed by atoms with E-state index in [1.165, 1.54) is 5.56 Å². The molecule has 2 aromatic rings. The van der Waals surface area contributed by atoms with E-state index in [4.69, 9.17) is 9.47 Å². The van der Waals surface area contributed by atoms with Crippen molar-refractivity contribution in [1.29, 1.82) is 0 Å². The number of carbonyl (C=O) groups is 1. The van der Waals surface area contributed by atoms with Crippen LogP contribution in [0.4, 0.5) is 0 Å². The highest BCUT2D eigenvalue weighted by atomic mass is 16.6. The van der Waals surface area contributed by atoms with Gasteiger partial charge in [0.1, 0.15) is 6.10 Å². The van der Waals surface area contributed by atoms with Crippen molar-refractivity contribution in [2.45, 2.75) is 38.4 Å². The molecule has 134 valence electrons. The van der Waals surface area contributed by atoms with E-state index >= 15 is 0 Å². The summed E-state index contributed by atoms with van der Waals surface area (Å²) in [6, 6.07) is 20.4. The first-order valence-corrected chi connectivity index (χ1v) is 9.43. The fourth-order valence-electron chi connectivity index (χ4n) is 4.26. The Kier molecular flexibility index (Phi) is 4.89. The summed E-state index contributed by atoms with van der Waals surface area (Å²) in [7, 11) is 0. The van der Waals surface area contributed by atoms with Crippen LogP contribution in [0, 0.1) is 5.92 Å². The smallest absolute Gasteiger partial charge is 0.339 e. The Bertz CT molecular complexity index is 795. The van der Waals surface area contributed by atoms with E-state index in [-0.39, 0.29) is 18.2 Å². The molecule has 0 saturated heterocycles. The molecule has 1 unspecified atom stereocenters. The number of rotatable bonds is 5. The molecule has 3 nitrogen and oxygen atoms in total. The van der Waals surface area contributed by atoms with E-state index in [0.717, 1.165) is 36.0 Å². The third-order valence-electron chi connectivity index (χ3n) is 5.41. The molecule has 0 amide bonds. The summed E-state index contributed by atoms with van der Waals surface area (Å²) in [5.74, 6) is 0.148. The fraction of sp³-hybridized carbons (Fsp3) is 0.348. The molecule has 4 rings (SSSR count). The number of fused-ring (bicyclic) bond motifs is 1. The molecule has 0 radical (unpaired) electrons. The summed E-state index contributed by atoms with van der Waals surface area (Å²) < 4.78 is 11.9. The van der Waals surface area contributed by atoms with Gasteiger partial charge in [-0.1, -0.05) is 60.7 Å². The van der Waals surface area contributed by atoms with Crippen molar-refractivity contribution < 1.29 is 14.3 Å². The predicted octanol–water partition coefficient (Wildman–Crippen LogP) is 4.42. The lowest BCUT2D eigenvalue weighted by Gasteiger charge is -2.36. The first-order chi connectivity index (χ1) is 12.8. The van der Waals surface area contributed by atoms with Crippen molar-refractivity contribution >= 4 is 11.5 Å². The Morgan fingerprint density at radius 2 is 1.73 bits per heavy atom. The Morgan fingerprint density at radius 1 is 1.04 bits per heavy atom. The second-order valence-electron chi connectivity index (χ2n) is 7.00. The van der Waals surface area contributed by atoms with E-state index in [9.17, 15) is 4.79 Å². The average Bonchev–Trinajstić information content (AvgIpc) is 3.01. The zero-order valence-corrected chi connectivity index (χ0v) is 15.1. The molecule has 0 aromatic heterocycles. The molecule has 0 spiro atoms. The molecule has 2 aliphatic rings. The van der Waals surface area contributed by atoms with Crippen LogP contribution in [0.15, 0.2) is 66.2 Å². The quantitative estimate of drug-likeness (QED) is 0.750. The minimum absolute atomic E-state index is 0.0749. The summed E-state index contributed by atoms with van der Waals surface area (Å²) in [6.45, 7) is 2.63. The van der Waals surface area contributed by atoms with Crippen LogP contribution in [0.25, 0.3) is 5.57 Å². The Balaban J connectivity index is 1.64. The van der Waals surface area contributed by atoms with E-state index in [0.29, 0.717) is 12.5 Å². The van der Waals surface area contributed by atoms with Gasteiger partial charge in [-0.2, -0.15) is 0 Å². The van der Waals surface area contributed by atoms with Crippen LogP contribution in [-0.4, -0.2) is 24.8 Å². The molecule has 0 N–H and O–H groups in total. The van der Waals surface area contributed by atoms with E-state index < -0.39 is 0 Å². The minimum atomic E-state index is -0.250. The highest BCUT2D eigenvalue weighted by Gasteiger charge is 2.46. The third kappa shape index (κ3) is 3.19. The maximum absolute atomic E-state index is 12.6. The van der Waals surface area contributed by atoms with Crippen molar-refractivity contribution in [2.75, 3.05) is 6.61 Å². The number of esters is 1. The van der Waals surface area contributed by atoms with Crippen molar-refractivity contribution in [3.63, 3.8) is 0 Å². The first kappa shape index (κ1) is 17.0. The van der Waals surface area contributed by atoms with E-state index in [1.807, 2.05) is 43.3 Å². The fourth-order valence-corrected chi connectivity index (χ4v) is 4.26. The lowest BCUT2D eigenvalue weighted by molar-refractivity contribution is -0.148. The number of carbonyl (C=O) groups excluding carboxylic acids is 1. The summed E-state index contributed by atoms with van der Waals surface area (Å²) in [5.41, 5.74) is 4.12. The molecule has 1 aliphatic carbocycles. The molecule has 0 bridgehead atoms. The first-order valence-electron chi connectivity index (χ1n) is 9.43. The second kappa shape index (κ2) is 7.46. The van der Waals surface area contributed by atoms with Gasteiger partial charge in [-0.3, -0.25) is 0 Å². The van der Waals surface area contributed by atoms with Crippen LogP contribution in [0.2, 0.25) is 0 Å². The normalized spacial score (nSPS) is 25.1. The largest absolute Gasteiger partial charge is 0.451 e. The van der Waals surface area contributed by atoms with Crippen molar-refractivity contribution in [2.24, 2.45) is 5.92 Å². The predicted molar refractivity (Wildman–Crippen MR) is 102 cm³/mol. The van der Waals surface area contributed by atoms with Gasteiger partial charge < -0.3 is 9.47 Å². The van der Waals surface area contributed by atoms with Crippen molar-refractivity contribution in [3.05, 3.63) is 77.4 Å². The minimum Gasteiger partial charge on any atom is -0.451 e. The van der Waals surface area contributed by atoms with Gasteiger partial charge in [0.15, 0.2) is 6.10 Å². The van der Waals surface area contributed by atoms with Gasteiger partial charge in [0.25, 0.3) is 0 Å². The summed E-state index contributed by atoms with van der Waals surface area (Å²) in [6.07, 6.45) is 2.53. The van der Waals surface area contributed by atoms with Gasteiger partial charge in [0.05, 0.1) is 5.57 Å². The van der Waals surface area contributed by atoms with Crippen molar-refractivity contribution in [1.82, 2.24) is 0 Å². The van der Waals surface area contributed by atoms with Crippen LogP contribution in [-0.2, 0) is 20.7 Å². The van der Waals surface area contributed by atoms with Crippen LogP contribution in [0.5, 0.6) is 0 Å². The van der Waals surface area contributed by atoms with E-state index in [2.05, 4.69) is 24.3 Å². The zero-order valence-electron chi connectivity index (χ0n) is 15.1. The van der Waals surface area contributed by atoms with E-state index in [1.54, 1.807) is 0 Å². The van der Waals surface area contributed by atoms with Gasteiger partial charge in [0.2, 0.25) is 0 Å². The van der Waals surface area contributed by atoms with Crippen molar-refractivity contribution in [3.8, 4) is 0 Å². The number of hydrogen-bond acceptors (Lipinski definition) is 3. The lowest BCUT2D eigenvalue weighted by Crippen LogP contribution is -2.42. The third-order valence-corrected chi connectivity index (χ3v) is 5.41. The highest BCUT2D eigenvalue weighted by Crippen LogP contribution is 2.43. The van der Waals surface area contributed by atoms with Gasteiger partial charge >= 0.3 is 5.97 Å². The Hall–Kier alpha value is -2.39. The summed E-state index contributed by atoms with van der Waals surface area (Å²) in [5, 5.41) is 0. The highest BCUT2D eigenvalue weighted by molar-refractivity contribution is 6.19. The molecule has 1 fully saturated rings. The van der Waals surface area contributed by atoms with Crippen LogP contribution in [0.1, 0.15) is 30.9 Å². The van der Waals surface area contributed by atoms with Crippen LogP contribution in [0.3, 0.4) is 0 Å². The monoisotopic (exact) mass is 348 g/mol. The molecule has 1 heterocycles.